The molecular weight excluding hydrogens is 376 g/mol. The number of benzene rings is 1. The number of ether oxygens (including phenoxy) is 1. The number of aromatic nitrogens is 1. The van der Waals surface area contributed by atoms with Crippen molar-refractivity contribution in [1.82, 2.24) is 4.98 Å². The molecule has 1 aliphatic heterocycles. The molecule has 1 aromatic carbocycles. The number of nitriles is 1. The number of fused-ring (bicyclic) bond motifs is 1. The lowest BCUT2D eigenvalue weighted by Crippen LogP contribution is -2.52. The number of hydrogen-bond donors (Lipinski definition) is 1. The maximum Gasteiger partial charge on any atom is 0.338 e. The highest BCUT2D eigenvalue weighted by atomic mass is 16.6. The van der Waals surface area contributed by atoms with Gasteiger partial charge in [0.25, 0.3) is 0 Å². The molecule has 1 aliphatic carbocycles. The molecule has 1 saturated carbocycles. The third kappa shape index (κ3) is 3.42. The fourth-order valence-electron chi connectivity index (χ4n) is 5.05. The van der Waals surface area contributed by atoms with Gasteiger partial charge in [-0.05, 0) is 60.9 Å². The number of nitrogens with zero attached hydrogens (tertiary/aromatic N) is 2. The lowest BCUT2D eigenvalue weighted by atomic mass is 9.60. The summed E-state index contributed by atoms with van der Waals surface area (Å²) in [6.45, 7) is 6.12. The Balaban J connectivity index is 1.58. The van der Waals surface area contributed by atoms with Crippen LogP contribution in [0.4, 0.5) is 0 Å². The number of rotatable bonds is 3. The highest BCUT2D eigenvalue weighted by Crippen LogP contribution is 2.51. The Kier molecular flexibility index (Phi) is 5.21. The molecule has 154 valence electrons. The van der Waals surface area contributed by atoms with Crippen molar-refractivity contribution in [3.8, 4) is 17.2 Å². The monoisotopic (exact) mass is 402 g/mol. The zero-order valence-electron chi connectivity index (χ0n) is 17.4. The van der Waals surface area contributed by atoms with Crippen molar-refractivity contribution in [2.24, 2.45) is 23.7 Å². The number of cyclic esters (lactones) is 1. The molecule has 1 N–H and O–H groups in total. The average Bonchev–Trinajstić information content (AvgIpc) is 2.97. The van der Waals surface area contributed by atoms with Gasteiger partial charge in [0.2, 0.25) is 0 Å². The number of allylic oxidation sites excluding steroid dienone is 1. The fraction of sp³-hybridized carbons (Fsp3) is 0.400. The van der Waals surface area contributed by atoms with E-state index in [1.807, 2.05) is 43.3 Å². The molecule has 30 heavy (non-hydrogen) atoms. The number of hydrogen-bond acceptors (Lipinski definition) is 5. The first-order chi connectivity index (χ1) is 14.3. The molecule has 0 bridgehead atoms. The van der Waals surface area contributed by atoms with E-state index in [2.05, 4.69) is 31.0 Å². The van der Waals surface area contributed by atoms with Crippen LogP contribution in [-0.4, -0.2) is 27.8 Å². The number of pyridine rings is 1. The SMILES string of the molecule is C[C@H]1[C@H](/C=C/c2ccc(-c3cccc(C#N)c3)cn2)[C@@H]2[C@@H](C)OC(=O)[C@]2(O)C[C@@H]1C. The number of aliphatic hydroxyl groups is 1. The standard InChI is InChI=1S/C25H26N2O3/c1-15-12-25(29)23(17(3)30-24(25)28)22(16(15)2)10-9-21-8-7-20(14-27-21)19-6-4-5-18(11-19)13-26/h4-11,14-17,22-23,29H,12H2,1-3H3/b10-9+/t15-,16+,17+,22-,23-,25-/m0/s1. The van der Waals surface area contributed by atoms with Crippen LogP contribution >= 0.6 is 0 Å². The van der Waals surface area contributed by atoms with Gasteiger partial charge in [-0.15, -0.1) is 0 Å². The lowest BCUT2D eigenvalue weighted by molar-refractivity contribution is -0.160. The first-order valence-electron chi connectivity index (χ1n) is 10.4. The lowest BCUT2D eigenvalue weighted by Gasteiger charge is -2.44. The molecule has 1 aromatic heterocycles. The number of esters is 1. The van der Waals surface area contributed by atoms with Gasteiger partial charge in [-0.2, -0.15) is 5.26 Å². The summed E-state index contributed by atoms with van der Waals surface area (Å²) >= 11 is 0. The van der Waals surface area contributed by atoms with Gasteiger partial charge >= 0.3 is 5.97 Å². The third-order valence-electron chi connectivity index (χ3n) is 6.86. The molecule has 2 aromatic rings. The van der Waals surface area contributed by atoms with Gasteiger partial charge in [0.15, 0.2) is 5.60 Å². The Morgan fingerprint density at radius 2 is 2.03 bits per heavy atom. The molecule has 0 radical (unpaired) electrons. The summed E-state index contributed by atoms with van der Waals surface area (Å²) < 4.78 is 5.41. The summed E-state index contributed by atoms with van der Waals surface area (Å²) in [6, 6.07) is 13.5. The highest BCUT2D eigenvalue weighted by Gasteiger charge is 2.61. The van der Waals surface area contributed by atoms with Gasteiger partial charge in [-0.3, -0.25) is 4.98 Å². The minimum absolute atomic E-state index is 0.0222. The summed E-state index contributed by atoms with van der Waals surface area (Å²) in [5.41, 5.74) is 1.92. The summed E-state index contributed by atoms with van der Waals surface area (Å²) in [5.74, 6) is -0.188. The Hall–Kier alpha value is -2.97. The van der Waals surface area contributed by atoms with Crippen molar-refractivity contribution >= 4 is 12.0 Å². The molecule has 1 saturated heterocycles. The molecule has 2 heterocycles. The van der Waals surface area contributed by atoms with Crippen LogP contribution in [0.2, 0.25) is 0 Å². The molecule has 2 fully saturated rings. The van der Waals surface area contributed by atoms with Crippen LogP contribution in [0.25, 0.3) is 17.2 Å². The van der Waals surface area contributed by atoms with Crippen LogP contribution in [0.15, 0.2) is 48.7 Å². The Bertz CT molecular complexity index is 1020. The maximum absolute atomic E-state index is 12.3. The second-order valence-corrected chi connectivity index (χ2v) is 8.70. The summed E-state index contributed by atoms with van der Waals surface area (Å²) in [5, 5.41) is 20.1. The van der Waals surface area contributed by atoms with Crippen molar-refractivity contribution in [1.29, 1.82) is 5.26 Å². The Morgan fingerprint density at radius 1 is 1.23 bits per heavy atom. The van der Waals surface area contributed by atoms with Crippen LogP contribution in [0, 0.1) is 35.0 Å². The largest absolute Gasteiger partial charge is 0.460 e. The quantitative estimate of drug-likeness (QED) is 0.777. The topological polar surface area (TPSA) is 83.2 Å². The molecule has 2 aliphatic rings. The Labute approximate surface area is 177 Å². The average molecular weight is 402 g/mol. The van der Waals surface area contributed by atoms with Gasteiger partial charge in [0, 0.05) is 17.7 Å². The predicted molar refractivity (Wildman–Crippen MR) is 114 cm³/mol. The first kappa shape index (κ1) is 20.3. The van der Waals surface area contributed by atoms with Gasteiger partial charge in [0.05, 0.1) is 17.3 Å². The van der Waals surface area contributed by atoms with Gasteiger partial charge < -0.3 is 9.84 Å². The van der Waals surface area contributed by atoms with E-state index in [-0.39, 0.29) is 23.9 Å². The van der Waals surface area contributed by atoms with Gasteiger partial charge in [0.1, 0.15) is 6.10 Å². The van der Waals surface area contributed by atoms with Crippen LogP contribution in [0.5, 0.6) is 0 Å². The minimum Gasteiger partial charge on any atom is -0.460 e. The smallest absolute Gasteiger partial charge is 0.338 e. The van der Waals surface area contributed by atoms with Crippen molar-refractivity contribution in [2.45, 2.75) is 38.9 Å². The normalized spacial score (nSPS) is 33.2. The van der Waals surface area contributed by atoms with Crippen molar-refractivity contribution in [3.63, 3.8) is 0 Å². The van der Waals surface area contributed by atoms with Crippen LogP contribution in [0.1, 0.15) is 38.4 Å². The van der Waals surface area contributed by atoms with Crippen molar-refractivity contribution in [3.05, 3.63) is 59.9 Å². The van der Waals surface area contributed by atoms with Crippen molar-refractivity contribution in [2.75, 3.05) is 0 Å². The number of carbonyl (C=O) groups excluding carboxylic acids is 1. The molecule has 0 unspecified atom stereocenters. The van der Waals surface area contributed by atoms with Gasteiger partial charge in [-0.25, -0.2) is 4.79 Å². The van der Waals surface area contributed by atoms with Crippen LogP contribution < -0.4 is 0 Å². The van der Waals surface area contributed by atoms with Crippen LogP contribution in [0.3, 0.4) is 0 Å². The minimum atomic E-state index is -1.40. The zero-order valence-corrected chi connectivity index (χ0v) is 17.4. The molecule has 4 rings (SSSR count). The van der Waals surface area contributed by atoms with Gasteiger partial charge in [-0.1, -0.05) is 38.1 Å². The highest BCUT2D eigenvalue weighted by molar-refractivity contribution is 5.82. The maximum atomic E-state index is 12.3. The first-order valence-corrected chi connectivity index (χ1v) is 10.4. The van der Waals surface area contributed by atoms with Crippen molar-refractivity contribution < 1.29 is 14.6 Å². The van der Waals surface area contributed by atoms with E-state index in [0.29, 0.717) is 17.9 Å². The van der Waals surface area contributed by atoms with E-state index in [4.69, 9.17) is 10.00 Å². The number of carbonyl (C=O) groups is 1. The molecular formula is C25H26N2O3. The molecule has 5 heteroatoms. The Morgan fingerprint density at radius 3 is 2.73 bits per heavy atom. The second kappa shape index (κ2) is 7.70. The summed E-state index contributed by atoms with van der Waals surface area (Å²) in [6.07, 6.45) is 5.97. The fourth-order valence-corrected chi connectivity index (χ4v) is 5.05. The van der Waals surface area contributed by atoms with E-state index >= 15 is 0 Å². The van der Waals surface area contributed by atoms with E-state index in [1.165, 1.54) is 0 Å². The second-order valence-electron chi connectivity index (χ2n) is 8.70. The van der Waals surface area contributed by atoms with E-state index < -0.39 is 11.6 Å². The molecule has 5 nitrogen and oxygen atoms in total. The summed E-state index contributed by atoms with van der Waals surface area (Å²) in [7, 11) is 0. The summed E-state index contributed by atoms with van der Waals surface area (Å²) in [4.78, 5) is 16.8. The zero-order chi connectivity index (χ0) is 21.5. The predicted octanol–water partition coefficient (Wildman–Crippen LogP) is 4.22. The van der Waals surface area contributed by atoms with E-state index in [0.717, 1.165) is 16.8 Å². The third-order valence-corrected chi connectivity index (χ3v) is 6.86. The molecule has 6 atom stereocenters. The van der Waals surface area contributed by atoms with E-state index in [1.54, 1.807) is 12.3 Å². The van der Waals surface area contributed by atoms with Crippen LogP contribution in [-0.2, 0) is 9.53 Å². The molecule has 0 amide bonds. The molecule has 0 spiro atoms. The van der Waals surface area contributed by atoms with E-state index in [9.17, 15) is 9.90 Å².